The first-order valence-electron chi connectivity index (χ1n) is 10.8. The second-order valence-electron chi connectivity index (χ2n) is 8.43. The second-order valence-corrected chi connectivity index (χ2v) is 10.4. The Bertz CT molecular complexity index is 1110. The van der Waals surface area contributed by atoms with Gasteiger partial charge in [0.15, 0.2) is 0 Å². The van der Waals surface area contributed by atoms with Crippen LogP contribution in [-0.2, 0) is 17.1 Å². The third-order valence-electron chi connectivity index (χ3n) is 6.30. The number of hydrogen-bond acceptors (Lipinski definition) is 4. The number of aromatic nitrogens is 1. The lowest BCUT2D eigenvalue weighted by molar-refractivity contribution is 0.0936. The smallest absolute Gasteiger partial charge is 0.256 e. The Morgan fingerprint density at radius 1 is 1.03 bits per heavy atom. The first-order chi connectivity index (χ1) is 14.4. The molecule has 162 valence electrons. The van der Waals surface area contributed by atoms with E-state index in [4.69, 9.17) is 0 Å². The lowest BCUT2D eigenvalue weighted by atomic mass is 10.1. The Morgan fingerprint density at radius 2 is 1.70 bits per heavy atom. The summed E-state index contributed by atoms with van der Waals surface area (Å²) in [5.74, 6) is -0.384. The van der Waals surface area contributed by atoms with Gasteiger partial charge in [-0.25, -0.2) is 8.42 Å². The maximum Gasteiger partial charge on any atom is 0.256 e. The fourth-order valence-electron chi connectivity index (χ4n) is 4.56. The van der Waals surface area contributed by atoms with Crippen LogP contribution >= 0.6 is 0 Å². The zero-order valence-corrected chi connectivity index (χ0v) is 18.2. The molecule has 0 unspecified atom stereocenters. The van der Waals surface area contributed by atoms with E-state index >= 15 is 0 Å². The number of pyridine rings is 1. The van der Waals surface area contributed by atoms with Crippen molar-refractivity contribution >= 4 is 26.8 Å². The van der Waals surface area contributed by atoms with Crippen LogP contribution in [0.2, 0.25) is 0 Å². The van der Waals surface area contributed by atoms with E-state index in [1.165, 1.54) is 16.6 Å². The molecule has 0 bridgehead atoms. The van der Waals surface area contributed by atoms with Crippen molar-refractivity contribution in [1.29, 1.82) is 0 Å². The minimum absolute atomic E-state index is 0.0567. The molecule has 1 N–H and O–H groups in total. The monoisotopic (exact) mass is 431 g/mol. The molecule has 2 aliphatic rings. The number of sulfonamides is 1. The van der Waals surface area contributed by atoms with E-state index in [1.807, 2.05) is 0 Å². The predicted octanol–water partition coefficient (Wildman–Crippen LogP) is 2.78. The van der Waals surface area contributed by atoms with Gasteiger partial charge in [-0.2, -0.15) is 4.31 Å². The second kappa shape index (κ2) is 8.51. The molecule has 0 atom stereocenters. The number of aryl methyl sites for hydroxylation is 1. The summed E-state index contributed by atoms with van der Waals surface area (Å²) in [6, 6.07) is 4.75. The molecule has 1 aromatic carbocycles. The summed E-state index contributed by atoms with van der Waals surface area (Å²) in [5, 5.41) is 3.21. The summed E-state index contributed by atoms with van der Waals surface area (Å²) in [5.41, 5.74) is 0.236. The topological polar surface area (TPSA) is 88.5 Å². The first kappa shape index (κ1) is 21.1. The number of rotatable bonds is 4. The van der Waals surface area contributed by atoms with Crippen molar-refractivity contribution in [2.24, 2.45) is 7.05 Å². The van der Waals surface area contributed by atoms with Crippen molar-refractivity contribution in [3.63, 3.8) is 0 Å². The molecule has 2 heterocycles. The van der Waals surface area contributed by atoms with Crippen molar-refractivity contribution < 1.29 is 13.2 Å². The van der Waals surface area contributed by atoms with Crippen molar-refractivity contribution in [3.8, 4) is 0 Å². The van der Waals surface area contributed by atoms with Crippen molar-refractivity contribution in [2.45, 2.75) is 62.3 Å². The number of carbonyl (C=O) groups is 1. The number of hydrogen-bond donors (Lipinski definition) is 1. The molecule has 1 aromatic heterocycles. The number of amides is 1. The van der Waals surface area contributed by atoms with E-state index in [-0.39, 0.29) is 27.8 Å². The van der Waals surface area contributed by atoms with E-state index < -0.39 is 15.5 Å². The molecule has 30 heavy (non-hydrogen) atoms. The van der Waals surface area contributed by atoms with E-state index in [0.29, 0.717) is 18.6 Å². The molecule has 1 saturated carbocycles. The van der Waals surface area contributed by atoms with Crippen molar-refractivity contribution in [2.75, 3.05) is 13.1 Å². The van der Waals surface area contributed by atoms with Gasteiger partial charge in [0.25, 0.3) is 5.91 Å². The highest BCUT2D eigenvalue weighted by Gasteiger charge is 2.26. The van der Waals surface area contributed by atoms with Crippen LogP contribution in [0.4, 0.5) is 0 Å². The van der Waals surface area contributed by atoms with Crippen LogP contribution in [0.3, 0.4) is 0 Å². The molecule has 2 aromatic rings. The number of carbonyl (C=O) groups excluding carboxylic acids is 1. The predicted molar refractivity (Wildman–Crippen MR) is 116 cm³/mol. The SMILES string of the molecule is Cn1cc(C(=O)NC2CCCC2)c(=O)c2cc(S(=O)(=O)N3CCCCCC3)ccc21. The molecule has 1 aliphatic heterocycles. The molecule has 2 fully saturated rings. The summed E-state index contributed by atoms with van der Waals surface area (Å²) in [7, 11) is -1.91. The van der Waals surface area contributed by atoms with Crippen LogP contribution in [0, 0.1) is 0 Å². The van der Waals surface area contributed by atoms with Crippen LogP contribution in [0.25, 0.3) is 10.9 Å². The zero-order valence-electron chi connectivity index (χ0n) is 17.4. The highest BCUT2D eigenvalue weighted by molar-refractivity contribution is 7.89. The number of nitrogens with zero attached hydrogens (tertiary/aromatic N) is 2. The highest BCUT2D eigenvalue weighted by atomic mass is 32.2. The van der Waals surface area contributed by atoms with Crippen LogP contribution in [-0.4, -0.2) is 42.3 Å². The Kier molecular flexibility index (Phi) is 5.97. The summed E-state index contributed by atoms with van der Waals surface area (Å²) < 4.78 is 29.6. The minimum Gasteiger partial charge on any atom is -0.350 e. The average molecular weight is 432 g/mol. The average Bonchev–Trinajstić information content (AvgIpc) is 3.08. The Hall–Kier alpha value is -2.19. The van der Waals surface area contributed by atoms with Crippen LogP contribution in [0.1, 0.15) is 61.7 Å². The van der Waals surface area contributed by atoms with Gasteiger partial charge in [-0.1, -0.05) is 25.7 Å². The fraction of sp³-hybridized carbons (Fsp3) is 0.545. The van der Waals surface area contributed by atoms with Gasteiger partial charge in [0.2, 0.25) is 15.5 Å². The molecule has 8 heteroatoms. The molecule has 1 aliphatic carbocycles. The molecule has 7 nitrogen and oxygen atoms in total. The minimum atomic E-state index is -3.67. The van der Waals surface area contributed by atoms with Crippen LogP contribution in [0.15, 0.2) is 34.1 Å². The number of nitrogens with one attached hydrogen (secondary N) is 1. The van der Waals surface area contributed by atoms with Gasteiger partial charge in [-0.15, -0.1) is 0 Å². The lowest BCUT2D eigenvalue weighted by Crippen LogP contribution is -2.36. The van der Waals surface area contributed by atoms with Gasteiger partial charge in [0.05, 0.1) is 10.4 Å². The van der Waals surface area contributed by atoms with Crippen molar-refractivity contribution in [1.82, 2.24) is 14.2 Å². The normalized spacial score (nSPS) is 19.1. The van der Waals surface area contributed by atoms with Gasteiger partial charge in [0, 0.05) is 37.8 Å². The third-order valence-corrected chi connectivity index (χ3v) is 8.19. The van der Waals surface area contributed by atoms with Gasteiger partial charge < -0.3 is 9.88 Å². The number of fused-ring (bicyclic) bond motifs is 1. The maximum atomic E-state index is 13.2. The zero-order chi connectivity index (χ0) is 21.3. The highest BCUT2D eigenvalue weighted by Crippen LogP contribution is 2.23. The van der Waals surface area contributed by atoms with Crippen LogP contribution in [0.5, 0.6) is 0 Å². The molecule has 0 spiro atoms. The van der Waals surface area contributed by atoms with Gasteiger partial charge in [0.1, 0.15) is 5.56 Å². The van der Waals surface area contributed by atoms with Crippen molar-refractivity contribution in [3.05, 3.63) is 40.2 Å². The van der Waals surface area contributed by atoms with Gasteiger partial charge >= 0.3 is 0 Å². The van der Waals surface area contributed by atoms with Gasteiger partial charge in [-0.3, -0.25) is 9.59 Å². The Balaban J connectivity index is 1.73. The Morgan fingerprint density at radius 3 is 2.37 bits per heavy atom. The standard InChI is InChI=1S/C22H29N3O4S/c1-24-15-19(22(27)23-16-8-4-5-9-16)21(26)18-14-17(10-11-20(18)24)30(28,29)25-12-6-2-3-7-13-25/h10-11,14-16H,2-9,12-13H2,1H3,(H,23,27). The molecule has 1 saturated heterocycles. The molecular formula is C22H29N3O4S. The van der Waals surface area contributed by atoms with E-state index in [0.717, 1.165) is 51.4 Å². The maximum absolute atomic E-state index is 13.2. The van der Waals surface area contributed by atoms with E-state index in [2.05, 4.69) is 5.32 Å². The van der Waals surface area contributed by atoms with E-state index in [9.17, 15) is 18.0 Å². The first-order valence-corrected chi connectivity index (χ1v) is 12.3. The fourth-order valence-corrected chi connectivity index (χ4v) is 6.10. The third kappa shape index (κ3) is 4.03. The number of benzene rings is 1. The quantitative estimate of drug-likeness (QED) is 0.806. The van der Waals surface area contributed by atoms with Crippen LogP contribution < -0.4 is 10.7 Å². The van der Waals surface area contributed by atoms with Gasteiger partial charge in [-0.05, 0) is 43.9 Å². The molecule has 4 rings (SSSR count). The molecule has 0 radical (unpaired) electrons. The lowest BCUT2D eigenvalue weighted by Gasteiger charge is -2.20. The van der Waals surface area contributed by atoms with E-state index in [1.54, 1.807) is 23.7 Å². The summed E-state index contributed by atoms with van der Waals surface area (Å²) in [4.78, 5) is 26.0. The molecular weight excluding hydrogens is 402 g/mol. The summed E-state index contributed by atoms with van der Waals surface area (Å²) >= 11 is 0. The summed E-state index contributed by atoms with van der Waals surface area (Å²) in [6.45, 7) is 1.00. The Labute approximate surface area is 177 Å². The molecule has 1 amide bonds. The largest absolute Gasteiger partial charge is 0.350 e. The summed E-state index contributed by atoms with van der Waals surface area (Å²) in [6.07, 6.45) is 9.32.